The van der Waals surface area contributed by atoms with Gasteiger partial charge < -0.3 is 4.90 Å². The molecular formula is C69H57N. The predicted molar refractivity (Wildman–Crippen MR) is 294 cm³/mol. The fourth-order valence-electron chi connectivity index (χ4n) is 12.1. The zero-order chi connectivity index (χ0) is 47.6. The summed E-state index contributed by atoms with van der Waals surface area (Å²) in [5.41, 5.74) is 26.5. The largest absolute Gasteiger partial charge is 0.310 e. The minimum Gasteiger partial charge on any atom is -0.310 e. The van der Waals surface area contributed by atoms with E-state index in [1.807, 2.05) is 0 Å². The van der Waals surface area contributed by atoms with Gasteiger partial charge in [0.05, 0.1) is 10.8 Å². The molecular weight excluding hydrogens is 843 g/mol. The van der Waals surface area contributed by atoms with Crippen molar-refractivity contribution >= 4 is 17.1 Å². The fraction of sp³-hybridized carbons (Fsp3) is 0.130. The second kappa shape index (κ2) is 17.2. The Kier molecular flexibility index (Phi) is 10.6. The molecule has 10 aromatic rings. The van der Waals surface area contributed by atoms with Crippen LogP contribution in [0.5, 0.6) is 0 Å². The average molecular weight is 900 g/mol. The summed E-state index contributed by atoms with van der Waals surface area (Å²) in [4.78, 5) is 2.51. The van der Waals surface area contributed by atoms with Gasteiger partial charge in [-0.05, 0) is 154 Å². The van der Waals surface area contributed by atoms with Gasteiger partial charge in [-0.25, -0.2) is 0 Å². The van der Waals surface area contributed by atoms with Crippen LogP contribution in [0.4, 0.5) is 17.1 Å². The summed E-state index contributed by atoms with van der Waals surface area (Å²) in [5, 5.41) is 0. The lowest BCUT2D eigenvalue weighted by Gasteiger charge is -2.36. The second-order valence-corrected chi connectivity index (χ2v) is 19.8. The highest BCUT2D eigenvalue weighted by molar-refractivity contribution is 5.92. The van der Waals surface area contributed by atoms with Gasteiger partial charge in [0.15, 0.2) is 0 Å². The van der Waals surface area contributed by atoms with E-state index in [2.05, 4.69) is 270 Å². The molecule has 0 spiro atoms. The van der Waals surface area contributed by atoms with Gasteiger partial charge in [-0.1, -0.05) is 230 Å². The van der Waals surface area contributed by atoms with Crippen molar-refractivity contribution < 1.29 is 0 Å². The summed E-state index contributed by atoms with van der Waals surface area (Å²) in [5.74, 6) is 0. The summed E-state index contributed by atoms with van der Waals surface area (Å²) in [6.07, 6.45) is 2.15. The minimum atomic E-state index is -0.548. The van der Waals surface area contributed by atoms with E-state index in [0.29, 0.717) is 0 Å². The number of benzene rings is 10. The molecule has 12 rings (SSSR count). The van der Waals surface area contributed by atoms with Gasteiger partial charge in [0, 0.05) is 17.1 Å². The Bertz CT molecular complexity index is 3270. The number of aryl methyl sites for hydroxylation is 5. The van der Waals surface area contributed by atoms with Crippen molar-refractivity contribution in [1.82, 2.24) is 0 Å². The smallest absolute Gasteiger partial charge is 0.0714 e. The van der Waals surface area contributed by atoms with Gasteiger partial charge in [-0.2, -0.15) is 0 Å². The number of rotatable bonds is 10. The van der Waals surface area contributed by atoms with Gasteiger partial charge >= 0.3 is 0 Å². The first kappa shape index (κ1) is 43.3. The summed E-state index contributed by atoms with van der Waals surface area (Å²) in [7, 11) is 0. The van der Waals surface area contributed by atoms with Gasteiger partial charge in [-0.3, -0.25) is 0 Å². The first-order valence-corrected chi connectivity index (χ1v) is 25.0. The minimum absolute atomic E-state index is 0.548. The third-order valence-corrected chi connectivity index (χ3v) is 15.5. The lowest BCUT2D eigenvalue weighted by Crippen LogP contribution is -2.29. The van der Waals surface area contributed by atoms with Crippen LogP contribution in [0.25, 0.3) is 33.4 Å². The summed E-state index contributed by atoms with van der Waals surface area (Å²) in [6.45, 7) is 11.0. The molecule has 0 unspecified atom stereocenters. The maximum atomic E-state index is 2.51. The molecule has 338 valence electrons. The van der Waals surface area contributed by atoms with Crippen molar-refractivity contribution in [3.8, 4) is 33.4 Å². The Labute approximate surface area is 414 Å². The Morgan fingerprint density at radius 1 is 0.314 bits per heavy atom. The van der Waals surface area contributed by atoms with E-state index < -0.39 is 10.8 Å². The van der Waals surface area contributed by atoms with Gasteiger partial charge in [0.2, 0.25) is 0 Å². The van der Waals surface area contributed by atoms with Gasteiger partial charge in [0.25, 0.3) is 0 Å². The molecule has 2 aliphatic rings. The Balaban J connectivity index is 1.13. The van der Waals surface area contributed by atoms with Gasteiger partial charge in [-0.15, -0.1) is 0 Å². The average Bonchev–Trinajstić information content (AvgIpc) is 3.86. The summed E-state index contributed by atoms with van der Waals surface area (Å²) >= 11 is 0. The number of fused-ring (bicyclic) bond motifs is 6. The third kappa shape index (κ3) is 6.74. The maximum Gasteiger partial charge on any atom is 0.0714 e. The van der Waals surface area contributed by atoms with E-state index in [-0.39, 0.29) is 0 Å². The summed E-state index contributed by atoms with van der Waals surface area (Å²) < 4.78 is 0. The maximum absolute atomic E-state index is 2.51. The lowest BCUT2D eigenvalue weighted by atomic mass is 9.67. The van der Waals surface area contributed by atoms with Crippen LogP contribution in [0.2, 0.25) is 0 Å². The molecule has 0 aliphatic heterocycles. The molecule has 0 heterocycles. The molecule has 2 aliphatic carbocycles. The van der Waals surface area contributed by atoms with E-state index in [1.54, 1.807) is 0 Å². The van der Waals surface area contributed by atoms with Crippen molar-refractivity contribution in [2.75, 3.05) is 4.90 Å². The highest BCUT2D eigenvalue weighted by atomic mass is 15.1. The Morgan fingerprint density at radius 3 is 1.06 bits per heavy atom. The fourth-order valence-corrected chi connectivity index (χ4v) is 12.1. The Hall–Kier alpha value is -8.00. The molecule has 1 heteroatoms. The van der Waals surface area contributed by atoms with Gasteiger partial charge in [0.1, 0.15) is 0 Å². The molecule has 0 atom stereocenters. The zero-order valence-electron chi connectivity index (χ0n) is 40.8. The second-order valence-electron chi connectivity index (χ2n) is 19.8. The first-order chi connectivity index (χ1) is 34.3. The molecule has 0 aromatic heterocycles. The highest BCUT2D eigenvalue weighted by Gasteiger charge is 2.48. The normalized spacial score (nSPS) is 13.6. The molecule has 0 saturated heterocycles. The quantitative estimate of drug-likeness (QED) is 0.132. The van der Waals surface area contributed by atoms with Crippen molar-refractivity contribution in [3.63, 3.8) is 0 Å². The number of nitrogens with zero attached hydrogens (tertiary/aromatic N) is 1. The molecule has 0 radical (unpaired) electrons. The molecule has 1 nitrogen and oxygen atoms in total. The lowest BCUT2D eigenvalue weighted by molar-refractivity contribution is 0.766. The van der Waals surface area contributed by atoms with Crippen LogP contribution < -0.4 is 4.90 Å². The van der Waals surface area contributed by atoms with Crippen LogP contribution in [0.3, 0.4) is 0 Å². The van der Waals surface area contributed by atoms with E-state index in [9.17, 15) is 0 Å². The standard InChI is InChI=1S/C69H57N/c1-6-13-50-14-7-8-15-59(50)51-28-38-56(39-29-51)70(57-40-42-62-60-16-9-11-18-64(60)68(66(62)44-57,52-30-20-46(2)21-31-52)53-32-22-47(3)23-33-53)58-41-43-63-61-17-10-12-19-65(61)69(67(63)45-58,54-34-24-48(4)25-35-54)55-36-26-49(5)27-37-55/h7-12,14-45H,6,13H2,1-5H3. The predicted octanol–water partition coefficient (Wildman–Crippen LogP) is 17.7. The molecule has 0 fully saturated rings. The van der Waals surface area contributed by atoms with Crippen LogP contribution in [0.15, 0.2) is 231 Å². The molecule has 0 saturated carbocycles. The zero-order valence-corrected chi connectivity index (χ0v) is 40.8. The third-order valence-electron chi connectivity index (χ3n) is 15.5. The molecule has 0 N–H and O–H groups in total. The molecule has 0 amide bonds. The van der Waals surface area contributed by atoms with E-state index in [4.69, 9.17) is 0 Å². The SMILES string of the molecule is CCCc1ccccc1-c1ccc(N(c2ccc3c(c2)C(c2ccc(C)cc2)(c2ccc(C)cc2)c2ccccc2-3)c2ccc3c(c2)C(c2ccc(C)cc2)(c2ccc(C)cc2)c2ccccc2-3)cc1. The van der Waals surface area contributed by atoms with E-state index >= 15 is 0 Å². The molecule has 10 aromatic carbocycles. The Morgan fingerprint density at radius 2 is 0.657 bits per heavy atom. The number of hydrogen-bond donors (Lipinski definition) is 0. The van der Waals surface area contributed by atoms with Crippen molar-refractivity contribution in [3.05, 3.63) is 303 Å². The molecule has 0 bridgehead atoms. The van der Waals surface area contributed by atoms with Crippen LogP contribution in [-0.4, -0.2) is 0 Å². The number of anilines is 3. The first-order valence-electron chi connectivity index (χ1n) is 25.0. The van der Waals surface area contributed by atoms with Crippen LogP contribution in [0.1, 0.15) is 85.7 Å². The highest BCUT2D eigenvalue weighted by Crippen LogP contribution is 2.59. The van der Waals surface area contributed by atoms with E-state index in [1.165, 1.54) is 106 Å². The monoisotopic (exact) mass is 899 g/mol. The van der Waals surface area contributed by atoms with Crippen LogP contribution in [-0.2, 0) is 17.3 Å². The van der Waals surface area contributed by atoms with Crippen LogP contribution >= 0.6 is 0 Å². The number of hydrogen-bond acceptors (Lipinski definition) is 1. The van der Waals surface area contributed by atoms with Crippen LogP contribution in [0, 0.1) is 27.7 Å². The molecule has 70 heavy (non-hydrogen) atoms. The van der Waals surface area contributed by atoms with Crippen molar-refractivity contribution in [2.45, 2.75) is 58.3 Å². The van der Waals surface area contributed by atoms with E-state index in [0.717, 1.165) is 29.9 Å². The van der Waals surface area contributed by atoms with Crippen molar-refractivity contribution in [2.24, 2.45) is 0 Å². The van der Waals surface area contributed by atoms with Crippen molar-refractivity contribution in [1.29, 1.82) is 0 Å². The summed E-state index contributed by atoms with van der Waals surface area (Å²) in [6, 6.07) is 88.0. The topological polar surface area (TPSA) is 3.24 Å².